The standard InChI is InChI=1S/C16H23NO3/c1-11(12-8-6-5-7-9-12)10-17-14(18)13(15(19)20)16(2,3)4/h5-9,11,13H,10H2,1-4H3,(H,17,18)(H,19,20). The van der Waals surface area contributed by atoms with E-state index in [1.807, 2.05) is 37.3 Å². The van der Waals surface area contributed by atoms with Gasteiger partial charge in [-0.25, -0.2) is 0 Å². The van der Waals surface area contributed by atoms with Crippen LogP contribution in [0.5, 0.6) is 0 Å². The van der Waals surface area contributed by atoms with Gasteiger partial charge in [0.2, 0.25) is 5.91 Å². The van der Waals surface area contributed by atoms with Gasteiger partial charge in [0.15, 0.2) is 0 Å². The van der Waals surface area contributed by atoms with Crippen LogP contribution in [-0.2, 0) is 9.59 Å². The molecular weight excluding hydrogens is 254 g/mol. The monoisotopic (exact) mass is 277 g/mol. The molecule has 1 aromatic carbocycles. The third-order valence-corrected chi connectivity index (χ3v) is 3.33. The Bertz CT molecular complexity index is 462. The van der Waals surface area contributed by atoms with Crippen molar-refractivity contribution in [1.29, 1.82) is 0 Å². The van der Waals surface area contributed by atoms with Crippen molar-refractivity contribution in [3.8, 4) is 0 Å². The van der Waals surface area contributed by atoms with Gasteiger partial charge in [-0.05, 0) is 16.9 Å². The van der Waals surface area contributed by atoms with E-state index in [1.54, 1.807) is 20.8 Å². The lowest BCUT2D eigenvalue weighted by Gasteiger charge is -2.26. The summed E-state index contributed by atoms with van der Waals surface area (Å²) >= 11 is 0. The van der Waals surface area contributed by atoms with Crippen molar-refractivity contribution >= 4 is 11.9 Å². The number of aliphatic carboxylic acids is 1. The van der Waals surface area contributed by atoms with Gasteiger partial charge in [-0.2, -0.15) is 0 Å². The van der Waals surface area contributed by atoms with Crippen LogP contribution in [0.15, 0.2) is 30.3 Å². The van der Waals surface area contributed by atoms with Gasteiger partial charge in [0.05, 0.1) is 0 Å². The zero-order chi connectivity index (χ0) is 15.3. The molecule has 4 heteroatoms. The Balaban J connectivity index is 2.65. The number of carboxylic acid groups (broad SMARTS) is 1. The molecular formula is C16H23NO3. The van der Waals surface area contributed by atoms with E-state index in [1.165, 1.54) is 0 Å². The molecule has 2 unspecified atom stereocenters. The van der Waals surface area contributed by atoms with E-state index in [0.717, 1.165) is 5.56 Å². The molecule has 0 fully saturated rings. The van der Waals surface area contributed by atoms with Gasteiger partial charge in [0.1, 0.15) is 5.92 Å². The van der Waals surface area contributed by atoms with Gasteiger partial charge in [-0.15, -0.1) is 0 Å². The second-order valence-electron chi connectivity index (χ2n) is 6.19. The molecule has 0 bridgehead atoms. The van der Waals surface area contributed by atoms with Gasteiger partial charge >= 0.3 is 5.97 Å². The van der Waals surface area contributed by atoms with Crippen LogP contribution in [0.4, 0.5) is 0 Å². The third-order valence-electron chi connectivity index (χ3n) is 3.33. The fourth-order valence-electron chi connectivity index (χ4n) is 2.13. The summed E-state index contributed by atoms with van der Waals surface area (Å²) in [7, 11) is 0. The summed E-state index contributed by atoms with van der Waals surface area (Å²) < 4.78 is 0. The molecule has 0 aliphatic rings. The van der Waals surface area contributed by atoms with Crippen molar-refractivity contribution in [2.75, 3.05) is 6.54 Å². The van der Waals surface area contributed by atoms with Crippen LogP contribution >= 0.6 is 0 Å². The normalized spacial score (nSPS) is 14.4. The van der Waals surface area contributed by atoms with Crippen LogP contribution in [0, 0.1) is 11.3 Å². The molecule has 0 saturated heterocycles. The molecule has 0 radical (unpaired) electrons. The number of carboxylic acids is 1. The topological polar surface area (TPSA) is 66.4 Å². The number of nitrogens with one attached hydrogen (secondary N) is 1. The van der Waals surface area contributed by atoms with Gasteiger partial charge in [0.25, 0.3) is 0 Å². The average molecular weight is 277 g/mol. The molecule has 20 heavy (non-hydrogen) atoms. The maximum Gasteiger partial charge on any atom is 0.316 e. The van der Waals surface area contributed by atoms with Crippen molar-refractivity contribution in [2.45, 2.75) is 33.6 Å². The van der Waals surface area contributed by atoms with Gasteiger partial charge < -0.3 is 10.4 Å². The van der Waals surface area contributed by atoms with E-state index < -0.39 is 23.2 Å². The smallest absolute Gasteiger partial charge is 0.316 e. The Morgan fingerprint density at radius 2 is 1.75 bits per heavy atom. The molecule has 0 heterocycles. The molecule has 2 atom stereocenters. The number of benzene rings is 1. The first kappa shape index (κ1) is 16.2. The summed E-state index contributed by atoms with van der Waals surface area (Å²) in [6.45, 7) is 7.70. The predicted octanol–water partition coefficient (Wildman–Crippen LogP) is 2.65. The summed E-state index contributed by atoms with van der Waals surface area (Å²) in [5.74, 6) is -2.39. The zero-order valence-electron chi connectivity index (χ0n) is 12.5. The van der Waals surface area contributed by atoms with Crippen LogP contribution in [0.25, 0.3) is 0 Å². The van der Waals surface area contributed by atoms with Crippen molar-refractivity contribution in [2.24, 2.45) is 11.3 Å². The molecule has 0 aliphatic carbocycles. The number of carbonyl (C=O) groups excluding carboxylic acids is 1. The van der Waals surface area contributed by atoms with Crippen molar-refractivity contribution in [1.82, 2.24) is 5.32 Å². The maximum atomic E-state index is 12.1. The molecule has 1 aromatic rings. The fourth-order valence-corrected chi connectivity index (χ4v) is 2.13. The summed E-state index contributed by atoms with van der Waals surface area (Å²) in [4.78, 5) is 23.3. The second kappa shape index (κ2) is 6.55. The SMILES string of the molecule is CC(CNC(=O)C(C(=O)O)C(C)(C)C)c1ccccc1. The van der Waals surface area contributed by atoms with E-state index in [0.29, 0.717) is 6.54 Å². The zero-order valence-corrected chi connectivity index (χ0v) is 12.5. The quantitative estimate of drug-likeness (QED) is 0.813. The average Bonchev–Trinajstić information content (AvgIpc) is 2.34. The van der Waals surface area contributed by atoms with Crippen LogP contribution in [0.3, 0.4) is 0 Å². The highest BCUT2D eigenvalue weighted by Crippen LogP contribution is 2.26. The number of hydrogen-bond donors (Lipinski definition) is 2. The van der Waals surface area contributed by atoms with Gasteiger partial charge in [-0.3, -0.25) is 9.59 Å². The molecule has 0 aromatic heterocycles. The Hall–Kier alpha value is -1.84. The first-order valence-corrected chi connectivity index (χ1v) is 6.79. The van der Waals surface area contributed by atoms with E-state index in [2.05, 4.69) is 5.32 Å². The first-order chi connectivity index (χ1) is 9.23. The van der Waals surface area contributed by atoms with Gasteiger partial charge in [0, 0.05) is 6.54 Å². The molecule has 0 aliphatic heterocycles. The highest BCUT2D eigenvalue weighted by atomic mass is 16.4. The highest BCUT2D eigenvalue weighted by molar-refractivity contribution is 5.97. The lowest BCUT2D eigenvalue weighted by atomic mass is 9.80. The van der Waals surface area contributed by atoms with E-state index in [9.17, 15) is 14.7 Å². The van der Waals surface area contributed by atoms with E-state index in [4.69, 9.17) is 0 Å². The Morgan fingerprint density at radius 1 is 1.20 bits per heavy atom. The van der Waals surface area contributed by atoms with Crippen LogP contribution in [0.2, 0.25) is 0 Å². The Kier molecular flexibility index (Phi) is 5.31. The molecule has 110 valence electrons. The fraction of sp³-hybridized carbons (Fsp3) is 0.500. The predicted molar refractivity (Wildman–Crippen MR) is 78.4 cm³/mol. The third kappa shape index (κ3) is 4.37. The first-order valence-electron chi connectivity index (χ1n) is 6.79. The minimum atomic E-state index is -1.08. The molecule has 2 N–H and O–H groups in total. The molecule has 1 rings (SSSR count). The summed E-state index contributed by atoms with van der Waals surface area (Å²) in [6, 6.07) is 9.82. The van der Waals surface area contributed by atoms with Crippen LogP contribution in [-0.4, -0.2) is 23.5 Å². The number of rotatable bonds is 5. The molecule has 4 nitrogen and oxygen atoms in total. The van der Waals surface area contributed by atoms with Crippen molar-refractivity contribution in [3.05, 3.63) is 35.9 Å². The van der Waals surface area contributed by atoms with Crippen LogP contribution < -0.4 is 5.32 Å². The van der Waals surface area contributed by atoms with Crippen molar-refractivity contribution in [3.63, 3.8) is 0 Å². The highest BCUT2D eigenvalue weighted by Gasteiger charge is 2.37. The summed E-state index contributed by atoms with van der Waals surface area (Å²) in [5.41, 5.74) is 0.516. The Labute approximate surface area is 120 Å². The minimum Gasteiger partial charge on any atom is -0.481 e. The lowest BCUT2D eigenvalue weighted by molar-refractivity contribution is -0.151. The van der Waals surface area contributed by atoms with E-state index >= 15 is 0 Å². The number of carbonyl (C=O) groups is 2. The minimum absolute atomic E-state index is 0.148. The molecule has 0 saturated carbocycles. The largest absolute Gasteiger partial charge is 0.481 e. The lowest BCUT2D eigenvalue weighted by Crippen LogP contribution is -2.43. The van der Waals surface area contributed by atoms with E-state index in [-0.39, 0.29) is 5.92 Å². The van der Waals surface area contributed by atoms with Crippen LogP contribution in [0.1, 0.15) is 39.2 Å². The summed E-state index contributed by atoms with van der Waals surface area (Å²) in [5, 5.41) is 11.9. The number of hydrogen-bond acceptors (Lipinski definition) is 2. The second-order valence-corrected chi connectivity index (χ2v) is 6.19. The molecule has 0 spiro atoms. The molecule has 1 amide bonds. The maximum absolute atomic E-state index is 12.1. The Morgan fingerprint density at radius 3 is 2.20 bits per heavy atom. The number of amides is 1. The summed E-state index contributed by atoms with van der Waals surface area (Å²) in [6.07, 6.45) is 0. The van der Waals surface area contributed by atoms with Crippen molar-refractivity contribution < 1.29 is 14.7 Å². The van der Waals surface area contributed by atoms with Gasteiger partial charge in [-0.1, -0.05) is 58.0 Å².